The average molecular weight is 196 g/mol. The summed E-state index contributed by atoms with van der Waals surface area (Å²) >= 11 is 0. The van der Waals surface area contributed by atoms with Gasteiger partial charge in [0.25, 0.3) is 0 Å². The summed E-state index contributed by atoms with van der Waals surface area (Å²) in [6, 6.07) is -0.873. The van der Waals surface area contributed by atoms with E-state index in [9.17, 15) is 4.79 Å². The number of fused-ring (bicyclic) bond motifs is 1. The third-order valence-corrected chi connectivity index (χ3v) is 2.30. The van der Waals surface area contributed by atoms with Crippen LogP contribution in [0.4, 0.5) is 5.82 Å². The van der Waals surface area contributed by atoms with E-state index in [4.69, 9.17) is 10.8 Å². The molecule has 1 atom stereocenters. The lowest BCUT2D eigenvalue weighted by Gasteiger charge is -2.06. The maximum atomic E-state index is 10.5. The second-order valence-corrected chi connectivity index (χ2v) is 3.29. The number of nitrogens with one attached hydrogen (secondary N) is 1. The summed E-state index contributed by atoms with van der Waals surface area (Å²) < 4.78 is 1.96. The van der Waals surface area contributed by atoms with Gasteiger partial charge in [-0.25, -0.2) is 4.98 Å². The highest BCUT2D eigenvalue weighted by molar-refractivity contribution is 5.73. The third kappa shape index (κ3) is 1.44. The van der Waals surface area contributed by atoms with Crippen molar-refractivity contribution in [2.75, 3.05) is 11.9 Å². The van der Waals surface area contributed by atoms with Crippen LogP contribution in [0, 0.1) is 0 Å². The molecule has 0 bridgehead atoms. The van der Waals surface area contributed by atoms with Gasteiger partial charge in [-0.3, -0.25) is 4.79 Å². The summed E-state index contributed by atoms with van der Waals surface area (Å²) in [5.41, 5.74) is 5.43. The van der Waals surface area contributed by atoms with Crippen LogP contribution >= 0.6 is 0 Å². The van der Waals surface area contributed by atoms with Gasteiger partial charge in [-0.05, 0) is 0 Å². The van der Waals surface area contributed by atoms with Crippen LogP contribution in [0.1, 0.15) is 5.82 Å². The molecule has 0 aliphatic carbocycles. The number of anilines is 1. The van der Waals surface area contributed by atoms with Crippen molar-refractivity contribution >= 4 is 11.8 Å². The van der Waals surface area contributed by atoms with E-state index in [0.717, 1.165) is 24.7 Å². The number of carbonyl (C=O) groups is 1. The summed E-state index contributed by atoms with van der Waals surface area (Å²) in [4.78, 5) is 14.7. The lowest BCUT2D eigenvalue weighted by atomic mass is 10.2. The van der Waals surface area contributed by atoms with Crippen molar-refractivity contribution in [3.8, 4) is 0 Å². The molecule has 6 heteroatoms. The number of carboxylic acid groups (broad SMARTS) is 1. The Bertz CT molecular complexity index is 360. The van der Waals surface area contributed by atoms with E-state index in [-0.39, 0.29) is 6.42 Å². The zero-order valence-electron chi connectivity index (χ0n) is 7.60. The Hall–Kier alpha value is -1.56. The highest BCUT2D eigenvalue weighted by atomic mass is 16.4. The molecule has 1 aromatic heterocycles. The quantitative estimate of drug-likeness (QED) is 0.592. The number of hydrogen-bond acceptors (Lipinski definition) is 4. The van der Waals surface area contributed by atoms with Gasteiger partial charge in [-0.15, -0.1) is 0 Å². The molecule has 0 aromatic carbocycles. The predicted molar refractivity (Wildman–Crippen MR) is 50.0 cm³/mol. The predicted octanol–water partition coefficient (Wildman–Crippen LogP) is -0.737. The Morgan fingerprint density at radius 3 is 3.36 bits per heavy atom. The first kappa shape index (κ1) is 9.01. The van der Waals surface area contributed by atoms with Crippen LogP contribution in [0.2, 0.25) is 0 Å². The van der Waals surface area contributed by atoms with Crippen molar-refractivity contribution < 1.29 is 9.90 Å². The minimum atomic E-state index is -0.992. The molecule has 1 aliphatic heterocycles. The summed E-state index contributed by atoms with van der Waals surface area (Å²) in [5.74, 6) is 0.686. The van der Waals surface area contributed by atoms with E-state index < -0.39 is 12.0 Å². The maximum absolute atomic E-state index is 10.5. The molecule has 0 saturated carbocycles. The van der Waals surface area contributed by atoms with Crippen LogP contribution in [0.5, 0.6) is 0 Å². The third-order valence-electron chi connectivity index (χ3n) is 2.30. The first-order chi connectivity index (χ1) is 6.68. The van der Waals surface area contributed by atoms with Gasteiger partial charge in [-0.1, -0.05) is 0 Å². The molecule has 14 heavy (non-hydrogen) atoms. The van der Waals surface area contributed by atoms with E-state index in [0.29, 0.717) is 0 Å². The van der Waals surface area contributed by atoms with Crippen LogP contribution in [0.15, 0.2) is 6.20 Å². The van der Waals surface area contributed by atoms with E-state index in [1.54, 1.807) is 6.20 Å². The Balaban J connectivity index is 2.14. The van der Waals surface area contributed by atoms with Crippen molar-refractivity contribution in [2.45, 2.75) is 19.0 Å². The van der Waals surface area contributed by atoms with Gasteiger partial charge in [0.05, 0.1) is 6.20 Å². The van der Waals surface area contributed by atoms with Crippen LogP contribution in [0.25, 0.3) is 0 Å². The molecule has 0 saturated heterocycles. The number of hydrogen-bond donors (Lipinski definition) is 3. The zero-order valence-corrected chi connectivity index (χ0v) is 7.60. The van der Waals surface area contributed by atoms with Crippen molar-refractivity contribution in [2.24, 2.45) is 5.73 Å². The van der Waals surface area contributed by atoms with Crippen molar-refractivity contribution in [3.05, 3.63) is 12.0 Å². The maximum Gasteiger partial charge on any atom is 0.320 e. The van der Waals surface area contributed by atoms with E-state index in [1.165, 1.54) is 0 Å². The molecule has 0 amide bonds. The Labute approximate surface area is 80.7 Å². The highest BCUT2D eigenvalue weighted by Crippen LogP contribution is 2.16. The smallest absolute Gasteiger partial charge is 0.320 e. The molecule has 0 radical (unpaired) electrons. The standard InChI is InChI=1S/C8H12N4O2/c9-5(8(13)14)3-6-11-4-7-10-1-2-12(6)7/h4-5,10H,1-3,9H2,(H,13,14). The van der Waals surface area contributed by atoms with Crippen molar-refractivity contribution in [3.63, 3.8) is 0 Å². The topological polar surface area (TPSA) is 93.2 Å². The van der Waals surface area contributed by atoms with Crippen LogP contribution in [0.3, 0.4) is 0 Å². The fourth-order valence-electron chi connectivity index (χ4n) is 1.55. The fraction of sp³-hybridized carbons (Fsp3) is 0.500. The minimum absolute atomic E-state index is 0.275. The number of aromatic nitrogens is 2. The Kier molecular flexibility index (Phi) is 2.12. The van der Waals surface area contributed by atoms with Gasteiger partial charge < -0.3 is 20.7 Å². The van der Waals surface area contributed by atoms with Crippen LogP contribution in [-0.2, 0) is 17.8 Å². The molecule has 1 aliphatic rings. The summed E-state index contributed by atoms with van der Waals surface area (Å²) in [5, 5.41) is 11.8. The lowest BCUT2D eigenvalue weighted by molar-refractivity contribution is -0.138. The van der Waals surface area contributed by atoms with Gasteiger partial charge in [0.15, 0.2) is 0 Å². The van der Waals surface area contributed by atoms with Gasteiger partial charge >= 0.3 is 5.97 Å². The van der Waals surface area contributed by atoms with E-state index in [1.807, 2.05) is 4.57 Å². The van der Waals surface area contributed by atoms with Crippen LogP contribution in [-0.4, -0.2) is 33.2 Å². The number of carboxylic acids is 1. The number of nitrogens with two attached hydrogens (primary N) is 1. The second-order valence-electron chi connectivity index (χ2n) is 3.29. The minimum Gasteiger partial charge on any atom is -0.480 e. The molecule has 4 N–H and O–H groups in total. The normalized spacial score (nSPS) is 16.1. The highest BCUT2D eigenvalue weighted by Gasteiger charge is 2.19. The number of rotatable bonds is 3. The molecule has 1 aromatic rings. The van der Waals surface area contributed by atoms with Gasteiger partial charge in [-0.2, -0.15) is 0 Å². The van der Waals surface area contributed by atoms with Crippen LogP contribution < -0.4 is 11.1 Å². The number of imidazole rings is 1. The first-order valence-electron chi connectivity index (χ1n) is 4.45. The molecule has 76 valence electrons. The molecular weight excluding hydrogens is 184 g/mol. The average Bonchev–Trinajstić information content (AvgIpc) is 2.69. The van der Waals surface area contributed by atoms with Crippen molar-refractivity contribution in [1.82, 2.24) is 9.55 Å². The molecule has 2 rings (SSSR count). The summed E-state index contributed by atoms with van der Waals surface area (Å²) in [7, 11) is 0. The molecule has 1 unspecified atom stereocenters. The SMILES string of the molecule is NC(Cc1ncc2n1CCN2)C(=O)O. The first-order valence-corrected chi connectivity index (χ1v) is 4.45. The summed E-state index contributed by atoms with van der Waals surface area (Å²) in [6.07, 6.45) is 1.98. The van der Waals surface area contributed by atoms with Gasteiger partial charge in [0.2, 0.25) is 0 Å². The van der Waals surface area contributed by atoms with Gasteiger partial charge in [0.1, 0.15) is 17.7 Å². The Morgan fingerprint density at radius 2 is 2.64 bits per heavy atom. The second kappa shape index (κ2) is 3.30. The molecule has 6 nitrogen and oxygen atoms in total. The van der Waals surface area contributed by atoms with E-state index >= 15 is 0 Å². The molecule has 0 fully saturated rings. The largest absolute Gasteiger partial charge is 0.480 e. The summed E-state index contributed by atoms with van der Waals surface area (Å²) in [6.45, 7) is 1.70. The number of nitrogens with zero attached hydrogens (tertiary/aromatic N) is 2. The zero-order chi connectivity index (χ0) is 10.1. The monoisotopic (exact) mass is 196 g/mol. The lowest BCUT2D eigenvalue weighted by Crippen LogP contribution is -2.33. The Morgan fingerprint density at radius 1 is 1.86 bits per heavy atom. The van der Waals surface area contributed by atoms with Crippen molar-refractivity contribution in [1.29, 1.82) is 0 Å². The number of aliphatic carboxylic acids is 1. The molecule has 0 spiro atoms. The fourth-order valence-corrected chi connectivity index (χ4v) is 1.55. The molecule has 2 heterocycles. The molecular formula is C8H12N4O2. The van der Waals surface area contributed by atoms with Gasteiger partial charge in [0, 0.05) is 19.5 Å². The van der Waals surface area contributed by atoms with E-state index in [2.05, 4.69) is 10.3 Å².